The number of nitrogens with one attached hydrogen (secondary N) is 1. The third kappa shape index (κ3) is 6.78. The van der Waals surface area contributed by atoms with E-state index in [0.29, 0.717) is 0 Å². The minimum Gasteiger partial charge on any atom is -0.385 e. The standard InChI is InChI=1S/C16H29NSi2/c1-15(2)14-18(19(3,4)5)13-9-12-17-16-10-7-6-8-11-16/h6-8,10-11,14,17-18H,9,12-13H2,1-5H3. The highest BCUT2D eigenvalue weighted by Gasteiger charge is 2.25. The van der Waals surface area contributed by atoms with Crippen LogP contribution in [0, 0.1) is 0 Å². The maximum atomic E-state index is 3.52. The minimum atomic E-state index is -0.944. The number of allylic oxidation sites excluding steroid dienone is 1. The Morgan fingerprint density at radius 3 is 2.32 bits per heavy atom. The SMILES string of the molecule is CC(C)=C[SiH](CCCNc1ccccc1)[Si](C)(C)C. The molecule has 0 spiro atoms. The second-order valence-electron chi connectivity index (χ2n) is 6.65. The van der Waals surface area contributed by atoms with Crippen molar-refractivity contribution in [2.45, 2.75) is 46.0 Å². The zero-order valence-electron chi connectivity index (χ0n) is 13.2. The molecule has 1 aromatic carbocycles. The lowest BCUT2D eigenvalue weighted by Gasteiger charge is -2.25. The Morgan fingerprint density at radius 1 is 1.16 bits per heavy atom. The van der Waals surface area contributed by atoms with Crippen molar-refractivity contribution >= 4 is 21.6 Å². The second kappa shape index (κ2) is 7.70. The average Bonchev–Trinajstić information content (AvgIpc) is 2.32. The molecule has 0 radical (unpaired) electrons. The van der Waals surface area contributed by atoms with E-state index in [-0.39, 0.29) is 0 Å². The van der Waals surface area contributed by atoms with E-state index in [9.17, 15) is 0 Å². The second-order valence-corrected chi connectivity index (χ2v) is 20.9. The molecule has 3 heteroatoms. The highest BCUT2D eigenvalue weighted by molar-refractivity contribution is 7.33. The molecule has 0 aliphatic carbocycles. The quantitative estimate of drug-likeness (QED) is 0.570. The first-order valence-electron chi connectivity index (χ1n) is 7.33. The summed E-state index contributed by atoms with van der Waals surface area (Å²) in [5, 5.41) is 3.52. The van der Waals surface area contributed by atoms with E-state index < -0.39 is 15.9 Å². The van der Waals surface area contributed by atoms with Gasteiger partial charge in [-0.2, -0.15) is 0 Å². The Bertz CT molecular complexity index is 389. The van der Waals surface area contributed by atoms with Crippen LogP contribution in [0.1, 0.15) is 20.3 Å². The zero-order valence-corrected chi connectivity index (χ0v) is 15.3. The first-order valence-corrected chi connectivity index (χ1v) is 14.1. The Balaban J connectivity index is 2.39. The molecule has 0 bridgehead atoms. The topological polar surface area (TPSA) is 12.0 Å². The van der Waals surface area contributed by atoms with Gasteiger partial charge in [-0.15, -0.1) is 5.70 Å². The predicted octanol–water partition coefficient (Wildman–Crippen LogP) is 4.64. The third-order valence-corrected chi connectivity index (χ3v) is 15.8. The van der Waals surface area contributed by atoms with Gasteiger partial charge in [0.2, 0.25) is 0 Å². The Hall–Kier alpha value is -0.806. The Labute approximate surface area is 121 Å². The van der Waals surface area contributed by atoms with Crippen molar-refractivity contribution in [3.05, 3.63) is 41.6 Å². The zero-order chi connectivity index (χ0) is 14.3. The van der Waals surface area contributed by atoms with Gasteiger partial charge in [0, 0.05) is 19.8 Å². The summed E-state index contributed by atoms with van der Waals surface area (Å²) in [7, 11) is -1.61. The van der Waals surface area contributed by atoms with Gasteiger partial charge in [0.15, 0.2) is 0 Å². The van der Waals surface area contributed by atoms with Gasteiger partial charge in [-0.25, -0.2) is 0 Å². The summed E-state index contributed by atoms with van der Waals surface area (Å²) in [6.07, 6.45) is 1.31. The van der Waals surface area contributed by atoms with Gasteiger partial charge in [-0.3, -0.25) is 0 Å². The molecule has 19 heavy (non-hydrogen) atoms. The Kier molecular flexibility index (Phi) is 6.59. The van der Waals surface area contributed by atoms with Crippen LogP contribution in [0.5, 0.6) is 0 Å². The van der Waals surface area contributed by atoms with Crippen LogP contribution in [0.2, 0.25) is 25.7 Å². The molecule has 0 saturated heterocycles. The molecule has 0 fully saturated rings. The van der Waals surface area contributed by atoms with Crippen LogP contribution in [0.15, 0.2) is 41.6 Å². The molecule has 1 unspecified atom stereocenters. The van der Waals surface area contributed by atoms with Gasteiger partial charge < -0.3 is 5.32 Å². The van der Waals surface area contributed by atoms with Crippen molar-refractivity contribution in [2.24, 2.45) is 0 Å². The highest BCUT2D eigenvalue weighted by atomic mass is 29.2. The summed E-state index contributed by atoms with van der Waals surface area (Å²) < 4.78 is 0. The van der Waals surface area contributed by atoms with Gasteiger partial charge in [0.1, 0.15) is 0 Å². The summed E-state index contributed by atoms with van der Waals surface area (Å²) in [4.78, 5) is 0. The fraction of sp³-hybridized carbons (Fsp3) is 0.500. The summed E-state index contributed by atoms with van der Waals surface area (Å²) in [6, 6.07) is 12.0. The largest absolute Gasteiger partial charge is 0.385 e. The van der Waals surface area contributed by atoms with Gasteiger partial charge in [-0.05, 0) is 32.4 Å². The van der Waals surface area contributed by atoms with E-state index in [4.69, 9.17) is 0 Å². The first kappa shape index (κ1) is 16.2. The maximum Gasteiger partial charge on any atom is 0.0552 e. The van der Waals surface area contributed by atoms with Crippen molar-refractivity contribution < 1.29 is 0 Å². The summed E-state index contributed by atoms with van der Waals surface area (Å²) >= 11 is 0. The summed E-state index contributed by atoms with van der Waals surface area (Å²) in [6.45, 7) is 13.2. The van der Waals surface area contributed by atoms with Gasteiger partial charge >= 0.3 is 0 Å². The van der Waals surface area contributed by atoms with E-state index in [1.165, 1.54) is 23.7 Å². The monoisotopic (exact) mass is 291 g/mol. The molecule has 0 amide bonds. The van der Waals surface area contributed by atoms with Gasteiger partial charge in [-0.1, -0.05) is 49.5 Å². The molecular formula is C16H29NSi2. The molecule has 1 atom stereocenters. The van der Waals surface area contributed by atoms with E-state index in [0.717, 1.165) is 6.54 Å². The molecule has 1 aromatic rings. The maximum absolute atomic E-state index is 3.52. The molecule has 1 rings (SSSR count). The van der Waals surface area contributed by atoms with Crippen molar-refractivity contribution in [1.29, 1.82) is 0 Å². The van der Waals surface area contributed by atoms with E-state index in [1.807, 2.05) is 0 Å². The highest BCUT2D eigenvalue weighted by Crippen LogP contribution is 2.16. The fourth-order valence-electron chi connectivity index (χ4n) is 2.28. The Morgan fingerprint density at radius 2 is 1.79 bits per heavy atom. The summed E-state index contributed by atoms with van der Waals surface area (Å²) in [5.74, 6) is 0. The van der Waals surface area contributed by atoms with Crippen LogP contribution in [0.25, 0.3) is 0 Å². The van der Waals surface area contributed by atoms with Crippen molar-refractivity contribution in [2.75, 3.05) is 11.9 Å². The lowest BCUT2D eigenvalue weighted by molar-refractivity contribution is 0.969. The van der Waals surface area contributed by atoms with Crippen LogP contribution in [-0.4, -0.2) is 22.5 Å². The number of rotatable bonds is 7. The van der Waals surface area contributed by atoms with Crippen molar-refractivity contribution in [3.8, 4) is 0 Å². The number of para-hydroxylation sites is 1. The molecule has 1 N–H and O–H groups in total. The minimum absolute atomic E-state index is 0.669. The van der Waals surface area contributed by atoms with E-state index >= 15 is 0 Å². The number of hydrogen-bond donors (Lipinski definition) is 1. The van der Waals surface area contributed by atoms with Crippen LogP contribution < -0.4 is 5.32 Å². The molecule has 0 aliphatic rings. The van der Waals surface area contributed by atoms with E-state index in [1.54, 1.807) is 0 Å². The lowest BCUT2D eigenvalue weighted by Crippen LogP contribution is -2.41. The number of anilines is 1. The van der Waals surface area contributed by atoms with Crippen LogP contribution in [-0.2, 0) is 0 Å². The fourth-order valence-corrected chi connectivity index (χ4v) is 11.0. The molecule has 106 valence electrons. The van der Waals surface area contributed by atoms with Crippen LogP contribution in [0.4, 0.5) is 5.69 Å². The number of hydrogen-bond acceptors (Lipinski definition) is 1. The molecule has 0 aromatic heterocycles. The van der Waals surface area contributed by atoms with Crippen molar-refractivity contribution in [1.82, 2.24) is 0 Å². The third-order valence-electron chi connectivity index (χ3n) is 3.44. The van der Waals surface area contributed by atoms with Gasteiger partial charge in [0.05, 0.1) is 8.31 Å². The predicted molar refractivity (Wildman–Crippen MR) is 94.3 cm³/mol. The van der Waals surface area contributed by atoms with E-state index in [2.05, 4.69) is 74.8 Å². The molecular weight excluding hydrogens is 262 g/mol. The van der Waals surface area contributed by atoms with Crippen LogP contribution >= 0.6 is 0 Å². The molecule has 0 aliphatic heterocycles. The molecule has 0 saturated carbocycles. The molecule has 1 nitrogen and oxygen atoms in total. The normalized spacial score (nSPS) is 12.9. The average molecular weight is 292 g/mol. The first-order chi connectivity index (χ1) is 8.89. The summed E-state index contributed by atoms with van der Waals surface area (Å²) in [5.41, 5.74) is 5.40. The van der Waals surface area contributed by atoms with Crippen LogP contribution in [0.3, 0.4) is 0 Å². The van der Waals surface area contributed by atoms with Gasteiger partial charge in [0.25, 0.3) is 0 Å². The molecule has 0 heterocycles. The smallest absolute Gasteiger partial charge is 0.0552 e. The van der Waals surface area contributed by atoms with Crippen molar-refractivity contribution in [3.63, 3.8) is 0 Å². The number of benzene rings is 1. The lowest BCUT2D eigenvalue weighted by atomic mass is 10.3.